The van der Waals surface area contributed by atoms with E-state index >= 15 is 0 Å². The molecule has 2 amide bonds. The minimum Gasteiger partial charge on any atom is -0.315 e. The van der Waals surface area contributed by atoms with Crippen molar-refractivity contribution < 1.29 is 4.79 Å². The van der Waals surface area contributed by atoms with Crippen LogP contribution in [0.1, 0.15) is 11.6 Å². The lowest BCUT2D eigenvalue weighted by Crippen LogP contribution is -2.50. The second kappa shape index (κ2) is 6.81. The maximum atomic E-state index is 12.6. The number of nitrogens with zero attached hydrogens (tertiary/aromatic N) is 1. The predicted molar refractivity (Wildman–Crippen MR) is 89.2 cm³/mol. The van der Waals surface area contributed by atoms with E-state index in [1.807, 2.05) is 23.1 Å². The first-order chi connectivity index (χ1) is 10.7. The number of amides is 2. The molecule has 2 N–H and O–H groups in total. The average Bonchev–Trinajstić information content (AvgIpc) is 2.58. The van der Waals surface area contributed by atoms with Gasteiger partial charge in [-0.25, -0.2) is 4.79 Å². The van der Waals surface area contributed by atoms with Gasteiger partial charge < -0.3 is 15.5 Å². The van der Waals surface area contributed by atoms with Crippen LogP contribution >= 0.6 is 11.6 Å². The summed E-state index contributed by atoms with van der Waals surface area (Å²) in [6.07, 6.45) is 0. The molecule has 1 fully saturated rings. The van der Waals surface area contributed by atoms with Gasteiger partial charge >= 0.3 is 6.03 Å². The number of carbonyl (C=O) groups excluding carboxylic acids is 1. The normalized spacial score (nSPS) is 18.0. The number of nitrogens with one attached hydrogen (secondary N) is 2. The van der Waals surface area contributed by atoms with E-state index in [1.54, 1.807) is 24.3 Å². The zero-order chi connectivity index (χ0) is 15.4. The fourth-order valence-electron chi connectivity index (χ4n) is 2.65. The molecule has 1 aliphatic rings. The number of halogens is 1. The van der Waals surface area contributed by atoms with Crippen molar-refractivity contribution in [2.75, 3.05) is 25.0 Å². The Hall–Kier alpha value is -2.04. The molecule has 1 atom stereocenters. The first kappa shape index (κ1) is 14.9. The molecule has 1 heterocycles. The van der Waals surface area contributed by atoms with Gasteiger partial charge in [-0.3, -0.25) is 0 Å². The van der Waals surface area contributed by atoms with Gasteiger partial charge in [-0.1, -0.05) is 41.9 Å². The molecule has 2 aromatic carbocycles. The summed E-state index contributed by atoms with van der Waals surface area (Å²) in [7, 11) is 0. The van der Waals surface area contributed by atoms with Crippen LogP contribution in [0.25, 0.3) is 0 Å². The molecular weight excluding hydrogens is 298 g/mol. The summed E-state index contributed by atoms with van der Waals surface area (Å²) in [4.78, 5) is 14.5. The van der Waals surface area contributed by atoms with Crippen molar-refractivity contribution in [3.8, 4) is 0 Å². The van der Waals surface area contributed by atoms with Crippen molar-refractivity contribution >= 4 is 23.3 Å². The number of piperazine rings is 1. The Bertz CT molecular complexity index is 630. The predicted octanol–water partition coefficient (Wildman–Crippen LogP) is 3.52. The molecule has 3 rings (SSSR count). The Labute approximate surface area is 135 Å². The molecule has 0 aliphatic carbocycles. The summed E-state index contributed by atoms with van der Waals surface area (Å²) in [5, 5.41) is 6.94. The zero-order valence-corrected chi connectivity index (χ0v) is 12.9. The van der Waals surface area contributed by atoms with E-state index in [9.17, 15) is 4.79 Å². The second-order valence-electron chi connectivity index (χ2n) is 5.26. The number of rotatable bonds is 2. The van der Waals surface area contributed by atoms with Gasteiger partial charge in [-0.15, -0.1) is 0 Å². The molecule has 0 bridgehead atoms. The van der Waals surface area contributed by atoms with E-state index in [2.05, 4.69) is 22.8 Å². The molecule has 22 heavy (non-hydrogen) atoms. The van der Waals surface area contributed by atoms with Crippen molar-refractivity contribution in [2.45, 2.75) is 6.04 Å². The maximum absolute atomic E-state index is 12.6. The highest BCUT2D eigenvalue weighted by Crippen LogP contribution is 2.23. The van der Waals surface area contributed by atoms with Crippen molar-refractivity contribution in [3.05, 3.63) is 65.2 Å². The van der Waals surface area contributed by atoms with E-state index < -0.39 is 0 Å². The quantitative estimate of drug-likeness (QED) is 0.890. The van der Waals surface area contributed by atoms with E-state index in [0.29, 0.717) is 11.6 Å². The number of anilines is 1. The van der Waals surface area contributed by atoms with Crippen LogP contribution in [0.3, 0.4) is 0 Å². The molecule has 5 heteroatoms. The third-order valence-corrected chi connectivity index (χ3v) is 4.04. The number of urea groups is 1. The van der Waals surface area contributed by atoms with Gasteiger partial charge in [0, 0.05) is 30.3 Å². The number of carbonyl (C=O) groups is 1. The lowest BCUT2D eigenvalue weighted by atomic mass is 10.0. The molecule has 4 nitrogen and oxygen atoms in total. The number of hydrogen-bond acceptors (Lipinski definition) is 2. The lowest BCUT2D eigenvalue weighted by Gasteiger charge is -2.36. The van der Waals surface area contributed by atoms with Gasteiger partial charge in [0.1, 0.15) is 0 Å². The van der Waals surface area contributed by atoms with E-state index in [0.717, 1.165) is 24.3 Å². The minimum absolute atomic E-state index is 0.0438. The molecule has 0 aromatic heterocycles. The SMILES string of the molecule is O=C(Nc1ccc(Cl)cc1)N1CCNCC1c1ccccc1. The van der Waals surface area contributed by atoms with E-state index in [-0.39, 0.29) is 12.1 Å². The first-order valence-electron chi connectivity index (χ1n) is 7.33. The van der Waals surface area contributed by atoms with Crippen LogP contribution in [0.4, 0.5) is 10.5 Å². The average molecular weight is 316 g/mol. The number of hydrogen-bond donors (Lipinski definition) is 2. The maximum Gasteiger partial charge on any atom is 0.322 e. The number of benzene rings is 2. The second-order valence-corrected chi connectivity index (χ2v) is 5.70. The Morgan fingerprint density at radius 2 is 1.86 bits per heavy atom. The molecular formula is C17H18ClN3O. The van der Waals surface area contributed by atoms with Crippen LogP contribution < -0.4 is 10.6 Å². The van der Waals surface area contributed by atoms with Gasteiger partial charge in [0.25, 0.3) is 0 Å². The van der Waals surface area contributed by atoms with Crippen LogP contribution in [0.2, 0.25) is 5.02 Å². The van der Waals surface area contributed by atoms with Crippen LogP contribution in [-0.4, -0.2) is 30.6 Å². The topological polar surface area (TPSA) is 44.4 Å². The summed E-state index contributed by atoms with van der Waals surface area (Å²) in [5.74, 6) is 0. The van der Waals surface area contributed by atoms with Gasteiger partial charge in [-0.2, -0.15) is 0 Å². The largest absolute Gasteiger partial charge is 0.322 e. The summed E-state index contributed by atoms with van der Waals surface area (Å²) in [5.41, 5.74) is 1.89. The summed E-state index contributed by atoms with van der Waals surface area (Å²) >= 11 is 5.87. The highest BCUT2D eigenvalue weighted by Gasteiger charge is 2.27. The fraction of sp³-hybridized carbons (Fsp3) is 0.235. The van der Waals surface area contributed by atoms with E-state index in [1.165, 1.54) is 0 Å². The monoisotopic (exact) mass is 315 g/mol. The third kappa shape index (κ3) is 3.40. The minimum atomic E-state index is -0.0855. The molecule has 1 unspecified atom stereocenters. The van der Waals surface area contributed by atoms with Crippen LogP contribution in [0, 0.1) is 0 Å². The highest BCUT2D eigenvalue weighted by molar-refractivity contribution is 6.30. The van der Waals surface area contributed by atoms with Crippen molar-refractivity contribution in [2.24, 2.45) is 0 Å². The van der Waals surface area contributed by atoms with E-state index in [4.69, 9.17) is 11.6 Å². The first-order valence-corrected chi connectivity index (χ1v) is 7.71. The smallest absolute Gasteiger partial charge is 0.315 e. The summed E-state index contributed by atoms with van der Waals surface area (Å²) < 4.78 is 0. The lowest BCUT2D eigenvalue weighted by molar-refractivity contribution is 0.171. The van der Waals surface area contributed by atoms with Crippen LogP contribution in [0.15, 0.2) is 54.6 Å². The van der Waals surface area contributed by atoms with Gasteiger partial charge in [0.15, 0.2) is 0 Å². The van der Waals surface area contributed by atoms with Crippen LogP contribution in [0.5, 0.6) is 0 Å². The van der Waals surface area contributed by atoms with Crippen molar-refractivity contribution in [3.63, 3.8) is 0 Å². The highest BCUT2D eigenvalue weighted by atomic mass is 35.5. The third-order valence-electron chi connectivity index (χ3n) is 3.78. The van der Waals surface area contributed by atoms with Crippen molar-refractivity contribution in [1.82, 2.24) is 10.2 Å². The Balaban J connectivity index is 1.75. The molecule has 0 spiro atoms. The summed E-state index contributed by atoms with van der Waals surface area (Å²) in [6.45, 7) is 2.24. The Kier molecular flexibility index (Phi) is 4.61. The molecule has 0 saturated carbocycles. The van der Waals surface area contributed by atoms with Crippen LogP contribution in [-0.2, 0) is 0 Å². The Morgan fingerprint density at radius 3 is 2.59 bits per heavy atom. The molecule has 1 saturated heterocycles. The van der Waals surface area contributed by atoms with Gasteiger partial charge in [0.05, 0.1) is 6.04 Å². The molecule has 2 aromatic rings. The molecule has 1 aliphatic heterocycles. The van der Waals surface area contributed by atoms with Gasteiger partial charge in [-0.05, 0) is 29.8 Å². The molecule has 0 radical (unpaired) electrons. The molecule has 114 valence electrons. The van der Waals surface area contributed by atoms with Gasteiger partial charge in [0.2, 0.25) is 0 Å². The summed E-state index contributed by atoms with van der Waals surface area (Å²) in [6, 6.07) is 17.2. The Morgan fingerprint density at radius 1 is 1.14 bits per heavy atom. The van der Waals surface area contributed by atoms with Crippen molar-refractivity contribution in [1.29, 1.82) is 0 Å². The standard InChI is InChI=1S/C17H18ClN3O/c18-14-6-8-15(9-7-14)20-17(22)21-11-10-19-12-16(21)13-4-2-1-3-5-13/h1-9,16,19H,10-12H2,(H,20,22). The fourth-order valence-corrected chi connectivity index (χ4v) is 2.77. The zero-order valence-electron chi connectivity index (χ0n) is 12.1.